The van der Waals surface area contributed by atoms with E-state index in [0.717, 1.165) is 5.56 Å². The number of esters is 1. The zero-order valence-corrected chi connectivity index (χ0v) is 8.64. The summed E-state index contributed by atoms with van der Waals surface area (Å²) >= 11 is 0. The van der Waals surface area contributed by atoms with Crippen molar-refractivity contribution < 1.29 is 14.6 Å². The van der Waals surface area contributed by atoms with Gasteiger partial charge in [0.15, 0.2) is 0 Å². The van der Waals surface area contributed by atoms with Crippen molar-refractivity contribution >= 4 is 5.97 Å². The summed E-state index contributed by atoms with van der Waals surface area (Å²) in [6.45, 7) is 0. The van der Waals surface area contributed by atoms with Crippen molar-refractivity contribution in [3.63, 3.8) is 0 Å². The normalized spacial score (nSPS) is 14.3. The number of rotatable bonds is 4. The average Bonchev–Trinajstić information content (AvgIpc) is 2.27. The van der Waals surface area contributed by atoms with Gasteiger partial charge in [0.2, 0.25) is 5.72 Å². The number of hydrogen-bond acceptors (Lipinski definition) is 4. The second-order valence-corrected chi connectivity index (χ2v) is 3.40. The molecule has 1 rings (SSSR count). The molecule has 1 atom stereocenters. The van der Waals surface area contributed by atoms with E-state index in [9.17, 15) is 9.90 Å². The number of hydrogen-bond donors (Lipinski definition) is 2. The predicted molar refractivity (Wildman–Crippen MR) is 55.9 cm³/mol. The second kappa shape index (κ2) is 4.91. The fourth-order valence-corrected chi connectivity index (χ4v) is 1.26. The fourth-order valence-electron chi connectivity index (χ4n) is 1.26. The van der Waals surface area contributed by atoms with E-state index in [0.29, 0.717) is 6.42 Å². The van der Waals surface area contributed by atoms with Gasteiger partial charge in [-0.3, -0.25) is 5.73 Å². The SMILES string of the molecule is COC(=O)C(N)(O)CCc1ccccc1. The maximum absolute atomic E-state index is 11.1. The van der Waals surface area contributed by atoms with Crippen LogP contribution in [0.3, 0.4) is 0 Å². The van der Waals surface area contributed by atoms with E-state index in [1.54, 1.807) is 0 Å². The molecule has 0 aliphatic heterocycles. The molecule has 4 nitrogen and oxygen atoms in total. The summed E-state index contributed by atoms with van der Waals surface area (Å²) in [7, 11) is 1.20. The number of ether oxygens (including phenoxy) is 1. The van der Waals surface area contributed by atoms with Crippen LogP contribution in [0.1, 0.15) is 12.0 Å². The van der Waals surface area contributed by atoms with Crippen LogP contribution in [0.4, 0.5) is 0 Å². The van der Waals surface area contributed by atoms with Crippen molar-refractivity contribution in [2.24, 2.45) is 5.73 Å². The lowest BCUT2D eigenvalue weighted by atomic mass is 10.0. The topological polar surface area (TPSA) is 72.5 Å². The fraction of sp³-hybridized carbons (Fsp3) is 0.364. The zero-order chi connectivity index (χ0) is 11.3. The molecule has 3 N–H and O–H groups in total. The third-order valence-corrected chi connectivity index (χ3v) is 2.18. The first kappa shape index (κ1) is 11.7. The van der Waals surface area contributed by atoms with Crippen LogP contribution in [0.2, 0.25) is 0 Å². The Morgan fingerprint density at radius 1 is 1.47 bits per heavy atom. The molecule has 4 heteroatoms. The molecular formula is C11H15NO3. The molecule has 15 heavy (non-hydrogen) atoms. The van der Waals surface area contributed by atoms with Gasteiger partial charge >= 0.3 is 5.97 Å². The molecular weight excluding hydrogens is 194 g/mol. The van der Waals surface area contributed by atoms with Crippen LogP contribution in [0.25, 0.3) is 0 Å². The molecule has 0 fully saturated rings. The highest BCUT2D eigenvalue weighted by Crippen LogP contribution is 2.10. The van der Waals surface area contributed by atoms with Gasteiger partial charge in [0.25, 0.3) is 0 Å². The van der Waals surface area contributed by atoms with Gasteiger partial charge in [0, 0.05) is 6.42 Å². The number of aliphatic hydroxyl groups is 1. The Balaban J connectivity index is 2.53. The smallest absolute Gasteiger partial charge is 0.353 e. The summed E-state index contributed by atoms with van der Waals surface area (Å²) in [6, 6.07) is 9.51. The minimum absolute atomic E-state index is 0.143. The Hall–Kier alpha value is -1.39. The maximum atomic E-state index is 11.1. The van der Waals surface area contributed by atoms with Gasteiger partial charge in [0.1, 0.15) is 0 Å². The molecule has 82 valence electrons. The Morgan fingerprint density at radius 2 is 2.07 bits per heavy atom. The van der Waals surface area contributed by atoms with Gasteiger partial charge < -0.3 is 9.84 Å². The first-order valence-electron chi connectivity index (χ1n) is 4.70. The van der Waals surface area contributed by atoms with E-state index in [2.05, 4.69) is 4.74 Å². The summed E-state index contributed by atoms with van der Waals surface area (Å²) in [5.74, 6) is -0.807. The lowest BCUT2D eigenvalue weighted by Gasteiger charge is -2.19. The van der Waals surface area contributed by atoms with Crippen molar-refractivity contribution in [2.75, 3.05) is 7.11 Å². The summed E-state index contributed by atoms with van der Waals surface area (Å²) < 4.78 is 4.39. The number of carbonyl (C=O) groups excluding carboxylic acids is 1. The van der Waals surface area contributed by atoms with Crippen molar-refractivity contribution in [2.45, 2.75) is 18.6 Å². The Morgan fingerprint density at radius 3 is 2.60 bits per heavy atom. The van der Waals surface area contributed by atoms with Crippen LogP contribution < -0.4 is 5.73 Å². The van der Waals surface area contributed by atoms with Gasteiger partial charge in [-0.05, 0) is 12.0 Å². The first-order valence-corrected chi connectivity index (χ1v) is 4.70. The highest BCUT2D eigenvalue weighted by Gasteiger charge is 2.31. The van der Waals surface area contributed by atoms with Gasteiger partial charge in [-0.2, -0.15) is 0 Å². The lowest BCUT2D eigenvalue weighted by molar-refractivity contribution is -0.162. The first-order chi connectivity index (χ1) is 7.06. The van der Waals surface area contributed by atoms with Crippen molar-refractivity contribution in [3.8, 4) is 0 Å². The summed E-state index contributed by atoms with van der Waals surface area (Å²) in [5.41, 5.74) is 4.52. The van der Waals surface area contributed by atoms with E-state index >= 15 is 0 Å². The van der Waals surface area contributed by atoms with E-state index in [1.807, 2.05) is 30.3 Å². The summed E-state index contributed by atoms with van der Waals surface area (Å²) in [5, 5.41) is 9.55. The number of aryl methyl sites for hydroxylation is 1. The predicted octanol–water partition coefficient (Wildman–Crippen LogP) is 0.439. The Kier molecular flexibility index (Phi) is 3.82. The molecule has 0 aliphatic carbocycles. The molecule has 0 saturated carbocycles. The number of nitrogens with two attached hydrogens (primary N) is 1. The highest BCUT2D eigenvalue weighted by molar-refractivity contribution is 5.78. The van der Waals surface area contributed by atoms with Crippen LogP contribution in [-0.4, -0.2) is 23.9 Å². The largest absolute Gasteiger partial charge is 0.466 e. The summed E-state index contributed by atoms with van der Waals surface area (Å²) in [6.07, 6.45) is 0.673. The van der Waals surface area contributed by atoms with Gasteiger partial charge in [-0.25, -0.2) is 4.79 Å². The van der Waals surface area contributed by atoms with Crippen molar-refractivity contribution in [3.05, 3.63) is 35.9 Å². The number of benzene rings is 1. The van der Waals surface area contributed by atoms with Gasteiger partial charge in [-0.1, -0.05) is 30.3 Å². The lowest BCUT2D eigenvalue weighted by Crippen LogP contribution is -2.48. The van der Waals surface area contributed by atoms with Crippen LogP contribution in [-0.2, 0) is 16.0 Å². The molecule has 0 aliphatic rings. The molecule has 0 heterocycles. The minimum Gasteiger partial charge on any atom is -0.466 e. The molecule has 0 aromatic heterocycles. The van der Waals surface area contributed by atoms with Crippen LogP contribution in [0, 0.1) is 0 Å². The van der Waals surface area contributed by atoms with Crippen LogP contribution in [0.5, 0.6) is 0 Å². The zero-order valence-electron chi connectivity index (χ0n) is 8.64. The van der Waals surface area contributed by atoms with Crippen molar-refractivity contribution in [1.82, 2.24) is 0 Å². The molecule has 1 aromatic carbocycles. The molecule has 1 unspecified atom stereocenters. The van der Waals surface area contributed by atoms with E-state index in [4.69, 9.17) is 5.73 Å². The molecule has 0 spiro atoms. The summed E-state index contributed by atoms with van der Waals surface area (Å²) in [4.78, 5) is 11.1. The average molecular weight is 209 g/mol. The third kappa shape index (κ3) is 3.34. The molecule has 1 aromatic rings. The van der Waals surface area contributed by atoms with Gasteiger partial charge in [0.05, 0.1) is 7.11 Å². The molecule has 0 bridgehead atoms. The quantitative estimate of drug-likeness (QED) is 0.557. The third-order valence-electron chi connectivity index (χ3n) is 2.18. The second-order valence-electron chi connectivity index (χ2n) is 3.40. The molecule has 0 amide bonds. The van der Waals surface area contributed by atoms with Gasteiger partial charge in [-0.15, -0.1) is 0 Å². The molecule has 0 radical (unpaired) electrons. The number of carbonyl (C=O) groups is 1. The highest BCUT2D eigenvalue weighted by atomic mass is 16.5. The van der Waals surface area contributed by atoms with E-state index in [1.165, 1.54) is 7.11 Å². The van der Waals surface area contributed by atoms with E-state index < -0.39 is 11.7 Å². The molecule has 0 saturated heterocycles. The monoisotopic (exact) mass is 209 g/mol. The maximum Gasteiger partial charge on any atom is 0.353 e. The Labute approximate surface area is 88.7 Å². The van der Waals surface area contributed by atoms with Crippen LogP contribution in [0.15, 0.2) is 30.3 Å². The Bertz CT molecular complexity index is 322. The standard InChI is InChI=1S/C11H15NO3/c1-15-10(13)11(12,14)8-7-9-5-3-2-4-6-9/h2-6,14H,7-8,12H2,1H3. The minimum atomic E-state index is -1.90. The van der Waals surface area contributed by atoms with E-state index in [-0.39, 0.29) is 6.42 Å². The van der Waals surface area contributed by atoms with Crippen molar-refractivity contribution in [1.29, 1.82) is 0 Å². The number of methoxy groups -OCH3 is 1. The van der Waals surface area contributed by atoms with Crippen LogP contribution >= 0.6 is 0 Å².